The van der Waals surface area contributed by atoms with E-state index in [1.807, 2.05) is 6.92 Å². The second-order valence-corrected chi connectivity index (χ2v) is 4.28. The second kappa shape index (κ2) is 4.76. The summed E-state index contributed by atoms with van der Waals surface area (Å²) in [6.45, 7) is 2.92. The van der Waals surface area contributed by atoms with Crippen LogP contribution >= 0.6 is 11.6 Å². The van der Waals surface area contributed by atoms with Gasteiger partial charge >= 0.3 is 0 Å². The second-order valence-electron chi connectivity index (χ2n) is 3.89. The van der Waals surface area contributed by atoms with E-state index in [0.29, 0.717) is 11.1 Å². The summed E-state index contributed by atoms with van der Waals surface area (Å²) in [5.74, 6) is 0.477. The summed E-state index contributed by atoms with van der Waals surface area (Å²) in [5.41, 5.74) is 0. The Bertz CT molecular complexity index is 398. The van der Waals surface area contributed by atoms with Gasteiger partial charge in [-0.2, -0.15) is 0 Å². The molecule has 1 aromatic heterocycles. The molecule has 0 aromatic carbocycles. The van der Waals surface area contributed by atoms with Crippen LogP contribution in [0, 0.1) is 5.92 Å². The van der Waals surface area contributed by atoms with Gasteiger partial charge in [-0.1, -0.05) is 18.5 Å². The standard InChI is InChI=1S/C10H13ClN4O/c1-6-2-4-12-8(6)9(16)15-10-13-5-3-7(11)14-10/h3,5-6,8,12H,2,4H2,1H3,(H,13,14,15,16). The van der Waals surface area contributed by atoms with Crippen LogP contribution in [0.1, 0.15) is 13.3 Å². The summed E-state index contributed by atoms with van der Waals surface area (Å²) in [7, 11) is 0. The molecule has 1 fully saturated rings. The van der Waals surface area contributed by atoms with E-state index in [-0.39, 0.29) is 17.9 Å². The third-order valence-electron chi connectivity index (χ3n) is 2.67. The maximum atomic E-state index is 11.8. The lowest BCUT2D eigenvalue weighted by atomic mass is 10.0. The Morgan fingerprint density at radius 3 is 3.12 bits per heavy atom. The molecule has 5 nitrogen and oxygen atoms in total. The molecule has 2 atom stereocenters. The minimum absolute atomic E-state index is 0.104. The molecule has 1 saturated heterocycles. The molecule has 1 aliphatic heterocycles. The van der Waals surface area contributed by atoms with Gasteiger partial charge < -0.3 is 5.32 Å². The van der Waals surface area contributed by atoms with Crippen molar-refractivity contribution < 1.29 is 4.79 Å². The van der Waals surface area contributed by atoms with E-state index in [4.69, 9.17) is 11.6 Å². The number of nitrogens with one attached hydrogen (secondary N) is 2. The molecule has 16 heavy (non-hydrogen) atoms. The SMILES string of the molecule is CC1CCNC1C(=O)Nc1nccc(Cl)n1. The van der Waals surface area contributed by atoms with Gasteiger partial charge in [0, 0.05) is 6.20 Å². The van der Waals surface area contributed by atoms with Crippen molar-refractivity contribution in [3.63, 3.8) is 0 Å². The van der Waals surface area contributed by atoms with Gasteiger partial charge in [-0.05, 0) is 24.9 Å². The number of nitrogens with zero attached hydrogens (tertiary/aromatic N) is 2. The molecule has 0 aliphatic carbocycles. The zero-order chi connectivity index (χ0) is 11.5. The Morgan fingerprint density at radius 2 is 2.50 bits per heavy atom. The fraction of sp³-hybridized carbons (Fsp3) is 0.500. The topological polar surface area (TPSA) is 66.9 Å². The van der Waals surface area contributed by atoms with Gasteiger partial charge in [0.2, 0.25) is 11.9 Å². The molecule has 86 valence electrons. The van der Waals surface area contributed by atoms with E-state index >= 15 is 0 Å². The smallest absolute Gasteiger partial charge is 0.244 e. The predicted octanol–water partition coefficient (Wildman–Crippen LogP) is 1.07. The van der Waals surface area contributed by atoms with Crippen molar-refractivity contribution in [2.24, 2.45) is 5.92 Å². The molecule has 1 aromatic rings. The Hall–Kier alpha value is -1.20. The zero-order valence-corrected chi connectivity index (χ0v) is 9.66. The van der Waals surface area contributed by atoms with Crippen molar-refractivity contribution in [1.29, 1.82) is 0 Å². The Labute approximate surface area is 98.6 Å². The van der Waals surface area contributed by atoms with Gasteiger partial charge in [0.25, 0.3) is 0 Å². The minimum atomic E-state index is -0.164. The summed E-state index contributed by atoms with van der Waals surface area (Å²) in [5, 5.41) is 6.10. The van der Waals surface area contributed by atoms with Crippen LogP contribution in [0.2, 0.25) is 5.15 Å². The highest BCUT2D eigenvalue weighted by molar-refractivity contribution is 6.29. The van der Waals surface area contributed by atoms with Crippen molar-refractivity contribution in [1.82, 2.24) is 15.3 Å². The first-order valence-electron chi connectivity index (χ1n) is 5.19. The van der Waals surface area contributed by atoms with E-state index in [2.05, 4.69) is 20.6 Å². The summed E-state index contributed by atoms with van der Waals surface area (Å²) < 4.78 is 0. The third kappa shape index (κ3) is 2.48. The van der Waals surface area contributed by atoms with Crippen LogP contribution in [-0.2, 0) is 4.79 Å². The molecule has 2 N–H and O–H groups in total. The summed E-state index contributed by atoms with van der Waals surface area (Å²) >= 11 is 5.70. The van der Waals surface area contributed by atoms with Crippen molar-refractivity contribution in [2.45, 2.75) is 19.4 Å². The van der Waals surface area contributed by atoms with Crippen LogP contribution in [0.25, 0.3) is 0 Å². The number of carbonyl (C=O) groups is 1. The fourth-order valence-electron chi connectivity index (χ4n) is 1.77. The van der Waals surface area contributed by atoms with E-state index in [0.717, 1.165) is 13.0 Å². The lowest BCUT2D eigenvalue weighted by Gasteiger charge is -2.14. The highest BCUT2D eigenvalue weighted by Gasteiger charge is 2.29. The van der Waals surface area contributed by atoms with Crippen LogP contribution in [-0.4, -0.2) is 28.5 Å². The zero-order valence-electron chi connectivity index (χ0n) is 8.90. The minimum Gasteiger partial charge on any atom is -0.306 e. The average molecular weight is 241 g/mol. The normalized spacial score (nSPS) is 24.4. The lowest BCUT2D eigenvalue weighted by molar-refractivity contribution is -0.118. The molecule has 1 amide bonds. The van der Waals surface area contributed by atoms with E-state index in [1.54, 1.807) is 6.07 Å². The highest BCUT2D eigenvalue weighted by Crippen LogP contribution is 2.15. The van der Waals surface area contributed by atoms with E-state index < -0.39 is 0 Å². The average Bonchev–Trinajstić information content (AvgIpc) is 2.64. The van der Waals surface area contributed by atoms with E-state index in [9.17, 15) is 4.79 Å². The van der Waals surface area contributed by atoms with Crippen molar-refractivity contribution in [3.05, 3.63) is 17.4 Å². The van der Waals surface area contributed by atoms with Gasteiger partial charge in [0.1, 0.15) is 5.15 Å². The van der Waals surface area contributed by atoms with Crippen molar-refractivity contribution in [3.8, 4) is 0 Å². The largest absolute Gasteiger partial charge is 0.306 e. The number of hydrogen-bond donors (Lipinski definition) is 2. The first-order chi connectivity index (χ1) is 7.66. The van der Waals surface area contributed by atoms with Crippen molar-refractivity contribution in [2.75, 3.05) is 11.9 Å². The number of rotatable bonds is 2. The van der Waals surface area contributed by atoms with Gasteiger partial charge in [-0.3, -0.25) is 10.1 Å². The highest BCUT2D eigenvalue weighted by atomic mass is 35.5. The number of anilines is 1. The van der Waals surface area contributed by atoms with Gasteiger partial charge in [0.15, 0.2) is 0 Å². The van der Waals surface area contributed by atoms with Gasteiger partial charge in [-0.15, -0.1) is 0 Å². The number of hydrogen-bond acceptors (Lipinski definition) is 4. The number of carbonyl (C=O) groups excluding carboxylic acids is 1. The molecular formula is C10H13ClN4O. The molecule has 1 aliphatic rings. The maximum absolute atomic E-state index is 11.8. The monoisotopic (exact) mass is 240 g/mol. The Kier molecular flexibility index (Phi) is 3.36. The number of amides is 1. The summed E-state index contributed by atoms with van der Waals surface area (Å²) in [6, 6.07) is 1.40. The van der Waals surface area contributed by atoms with Crippen LogP contribution in [0.4, 0.5) is 5.95 Å². The molecule has 2 heterocycles. The lowest BCUT2D eigenvalue weighted by Crippen LogP contribution is -2.39. The predicted molar refractivity (Wildman–Crippen MR) is 61.2 cm³/mol. The van der Waals surface area contributed by atoms with Crippen LogP contribution in [0.15, 0.2) is 12.3 Å². The summed E-state index contributed by atoms with van der Waals surface area (Å²) in [6.07, 6.45) is 2.52. The first kappa shape index (κ1) is 11.3. The van der Waals surface area contributed by atoms with E-state index in [1.165, 1.54) is 6.20 Å². The first-order valence-corrected chi connectivity index (χ1v) is 5.57. The molecule has 0 spiro atoms. The van der Waals surface area contributed by atoms with Crippen LogP contribution < -0.4 is 10.6 Å². The van der Waals surface area contributed by atoms with Crippen LogP contribution in [0.5, 0.6) is 0 Å². The quantitative estimate of drug-likeness (QED) is 0.759. The third-order valence-corrected chi connectivity index (χ3v) is 2.88. The fourth-order valence-corrected chi connectivity index (χ4v) is 1.91. The Balaban J connectivity index is 2.02. The van der Waals surface area contributed by atoms with Crippen molar-refractivity contribution >= 4 is 23.5 Å². The molecule has 0 radical (unpaired) electrons. The number of aromatic nitrogens is 2. The maximum Gasteiger partial charge on any atom is 0.244 e. The van der Waals surface area contributed by atoms with Crippen LogP contribution in [0.3, 0.4) is 0 Å². The molecule has 6 heteroatoms. The molecular weight excluding hydrogens is 228 g/mol. The summed E-state index contributed by atoms with van der Waals surface area (Å²) in [4.78, 5) is 19.7. The molecule has 2 unspecified atom stereocenters. The number of halogens is 1. The van der Waals surface area contributed by atoms with Gasteiger partial charge in [-0.25, -0.2) is 9.97 Å². The molecule has 2 rings (SSSR count). The molecule has 0 saturated carbocycles. The van der Waals surface area contributed by atoms with Gasteiger partial charge in [0.05, 0.1) is 6.04 Å². The Morgan fingerprint density at radius 1 is 1.69 bits per heavy atom. The molecule has 0 bridgehead atoms.